The summed E-state index contributed by atoms with van der Waals surface area (Å²) in [5.74, 6) is -0.858. The van der Waals surface area contributed by atoms with Crippen LogP contribution in [0.3, 0.4) is 0 Å². The molecule has 1 fully saturated rings. The lowest BCUT2D eigenvalue weighted by molar-refractivity contribution is -0.140. The van der Waals surface area contributed by atoms with Gasteiger partial charge < -0.3 is 9.67 Å². The summed E-state index contributed by atoms with van der Waals surface area (Å²) >= 11 is 0. The zero-order valence-electron chi connectivity index (χ0n) is 13.5. The fourth-order valence-corrected chi connectivity index (χ4v) is 4.42. The Labute approximate surface area is 138 Å². The number of rotatable bonds is 4. The molecule has 1 aromatic carbocycles. The minimum absolute atomic E-state index is 0.621. The number of carboxylic acid groups (broad SMARTS) is 1. The number of carboxylic acids is 1. The molecular formula is C17H22N2O3S. The highest BCUT2D eigenvalue weighted by Gasteiger charge is 2.20. The van der Waals surface area contributed by atoms with Crippen LogP contribution in [0.2, 0.25) is 0 Å². The normalized spacial score (nSPS) is 18.9. The van der Waals surface area contributed by atoms with Crippen LogP contribution in [-0.2, 0) is 15.8 Å². The van der Waals surface area contributed by atoms with E-state index in [1.807, 2.05) is 35.6 Å². The van der Waals surface area contributed by atoms with Crippen LogP contribution in [0.4, 0.5) is 0 Å². The van der Waals surface area contributed by atoms with Gasteiger partial charge >= 0.3 is 5.97 Å². The standard InChI is InChI=1S/C17H22N2O3S/c1-12-11-19(13(2)17(20)21)16-7-6-14(10-15(12)16)23(22)18-8-4-3-5-9-18/h6-7,10-11,13H,3-5,8-9H2,1-2H3,(H,20,21). The van der Waals surface area contributed by atoms with Crippen molar-refractivity contribution < 1.29 is 14.1 Å². The van der Waals surface area contributed by atoms with E-state index in [1.54, 1.807) is 11.5 Å². The van der Waals surface area contributed by atoms with Gasteiger partial charge in [-0.15, -0.1) is 0 Å². The first-order valence-corrected chi connectivity index (χ1v) is 9.10. The molecular weight excluding hydrogens is 312 g/mol. The van der Waals surface area contributed by atoms with Crippen LogP contribution in [-0.4, -0.2) is 37.2 Å². The lowest BCUT2D eigenvalue weighted by Crippen LogP contribution is -2.31. The van der Waals surface area contributed by atoms with Gasteiger partial charge in [0.1, 0.15) is 17.0 Å². The fraction of sp³-hybridized carbons (Fsp3) is 0.471. The van der Waals surface area contributed by atoms with E-state index in [9.17, 15) is 14.1 Å². The molecule has 1 aliphatic rings. The highest BCUT2D eigenvalue weighted by molar-refractivity contribution is 7.82. The molecule has 0 radical (unpaired) electrons. The van der Waals surface area contributed by atoms with Crippen LogP contribution in [0, 0.1) is 6.92 Å². The summed E-state index contributed by atoms with van der Waals surface area (Å²) in [7, 11) is -1.14. The first-order valence-electron chi connectivity index (χ1n) is 8.00. The van der Waals surface area contributed by atoms with Crippen molar-refractivity contribution in [3.8, 4) is 0 Å². The molecule has 2 unspecified atom stereocenters. The summed E-state index contributed by atoms with van der Waals surface area (Å²) in [4.78, 5) is 12.1. The predicted octanol–water partition coefficient (Wildman–Crippen LogP) is 3.10. The zero-order chi connectivity index (χ0) is 16.6. The summed E-state index contributed by atoms with van der Waals surface area (Å²) < 4.78 is 16.5. The maximum Gasteiger partial charge on any atom is 0.326 e. The molecule has 2 heterocycles. The van der Waals surface area contributed by atoms with Crippen LogP contribution in [0.5, 0.6) is 0 Å². The number of carbonyl (C=O) groups is 1. The Kier molecular flexibility index (Phi) is 4.55. The third-order valence-electron chi connectivity index (χ3n) is 4.53. The number of piperidine rings is 1. The number of nitrogens with zero attached hydrogens (tertiary/aromatic N) is 2. The van der Waals surface area contributed by atoms with Gasteiger partial charge in [-0.05, 0) is 50.5 Å². The monoisotopic (exact) mass is 334 g/mol. The minimum Gasteiger partial charge on any atom is -0.480 e. The molecule has 0 amide bonds. The van der Waals surface area contributed by atoms with Gasteiger partial charge in [-0.3, -0.25) is 0 Å². The number of hydrogen-bond donors (Lipinski definition) is 1. The largest absolute Gasteiger partial charge is 0.480 e. The minimum atomic E-state index is -1.14. The summed E-state index contributed by atoms with van der Waals surface area (Å²) in [6, 6.07) is 5.07. The van der Waals surface area contributed by atoms with E-state index in [2.05, 4.69) is 0 Å². The third kappa shape index (κ3) is 3.05. The van der Waals surface area contributed by atoms with Crippen LogP contribution < -0.4 is 0 Å². The second kappa shape index (κ2) is 6.45. The average molecular weight is 334 g/mol. The Hall–Kier alpha value is -1.66. The molecule has 0 aliphatic carbocycles. The van der Waals surface area contributed by atoms with E-state index in [0.29, 0.717) is 0 Å². The summed E-state index contributed by atoms with van der Waals surface area (Å²) in [5, 5.41) is 10.2. The van der Waals surface area contributed by atoms with Crippen molar-refractivity contribution in [3.63, 3.8) is 0 Å². The van der Waals surface area contributed by atoms with Gasteiger partial charge in [-0.2, -0.15) is 0 Å². The molecule has 1 saturated heterocycles. The van der Waals surface area contributed by atoms with Gasteiger partial charge in [0.15, 0.2) is 0 Å². The van der Waals surface area contributed by atoms with Crippen LogP contribution in [0.25, 0.3) is 10.9 Å². The molecule has 23 heavy (non-hydrogen) atoms. The Bertz CT molecular complexity index is 763. The molecule has 6 heteroatoms. The van der Waals surface area contributed by atoms with E-state index >= 15 is 0 Å². The van der Waals surface area contributed by atoms with Crippen LogP contribution >= 0.6 is 0 Å². The van der Waals surface area contributed by atoms with Gasteiger partial charge in [-0.25, -0.2) is 13.3 Å². The van der Waals surface area contributed by atoms with Crippen molar-refractivity contribution in [3.05, 3.63) is 30.0 Å². The van der Waals surface area contributed by atoms with Gasteiger partial charge in [-0.1, -0.05) is 6.42 Å². The average Bonchev–Trinajstić information content (AvgIpc) is 2.90. The van der Waals surface area contributed by atoms with Crippen molar-refractivity contribution in [1.29, 1.82) is 0 Å². The first-order chi connectivity index (χ1) is 11.0. The molecule has 1 aromatic heterocycles. The van der Waals surface area contributed by atoms with E-state index in [1.165, 1.54) is 6.42 Å². The highest BCUT2D eigenvalue weighted by Crippen LogP contribution is 2.27. The van der Waals surface area contributed by atoms with Crippen molar-refractivity contribution in [2.45, 2.75) is 44.0 Å². The van der Waals surface area contributed by atoms with Gasteiger partial charge in [0.05, 0.1) is 4.90 Å². The number of aromatic nitrogens is 1. The summed E-state index contributed by atoms with van der Waals surface area (Å²) in [6.45, 7) is 5.38. The van der Waals surface area contributed by atoms with Gasteiger partial charge in [0.25, 0.3) is 0 Å². The Balaban J connectivity index is 1.97. The fourth-order valence-electron chi connectivity index (χ4n) is 3.13. The number of fused-ring (bicyclic) bond motifs is 1. The SMILES string of the molecule is Cc1cn(C(C)C(=O)O)c2ccc(S(=O)N3CCCCC3)cc12. The number of benzene rings is 1. The molecule has 2 atom stereocenters. The van der Waals surface area contributed by atoms with E-state index < -0.39 is 23.0 Å². The lowest BCUT2D eigenvalue weighted by atomic mass is 10.2. The van der Waals surface area contributed by atoms with Crippen molar-refractivity contribution in [1.82, 2.24) is 8.87 Å². The molecule has 1 N–H and O–H groups in total. The molecule has 2 aromatic rings. The molecule has 1 aliphatic heterocycles. The molecule has 5 nitrogen and oxygen atoms in total. The highest BCUT2D eigenvalue weighted by atomic mass is 32.2. The molecule has 0 saturated carbocycles. The van der Waals surface area contributed by atoms with Gasteiger partial charge in [0.2, 0.25) is 0 Å². The Morgan fingerprint density at radius 3 is 2.61 bits per heavy atom. The second-order valence-electron chi connectivity index (χ2n) is 6.15. The third-order valence-corrected chi connectivity index (χ3v) is 6.02. The molecule has 0 bridgehead atoms. The number of aryl methyl sites for hydroxylation is 1. The van der Waals surface area contributed by atoms with Crippen molar-refractivity contribution in [2.24, 2.45) is 0 Å². The summed E-state index contributed by atoms with van der Waals surface area (Å²) in [6.07, 6.45) is 5.26. The lowest BCUT2D eigenvalue weighted by Gasteiger charge is -2.25. The number of hydrogen-bond acceptors (Lipinski definition) is 2. The predicted molar refractivity (Wildman–Crippen MR) is 90.9 cm³/mol. The number of aliphatic carboxylic acids is 1. The zero-order valence-corrected chi connectivity index (χ0v) is 14.3. The van der Waals surface area contributed by atoms with Crippen molar-refractivity contribution >= 4 is 27.9 Å². The van der Waals surface area contributed by atoms with Crippen LogP contribution in [0.15, 0.2) is 29.3 Å². The second-order valence-corrected chi connectivity index (χ2v) is 7.64. The molecule has 3 rings (SSSR count). The topological polar surface area (TPSA) is 62.5 Å². The van der Waals surface area contributed by atoms with E-state index in [-0.39, 0.29) is 0 Å². The molecule has 124 valence electrons. The molecule has 0 spiro atoms. The quantitative estimate of drug-likeness (QED) is 0.934. The van der Waals surface area contributed by atoms with E-state index in [0.717, 1.165) is 47.3 Å². The smallest absolute Gasteiger partial charge is 0.326 e. The van der Waals surface area contributed by atoms with Crippen molar-refractivity contribution in [2.75, 3.05) is 13.1 Å². The Morgan fingerprint density at radius 2 is 1.96 bits per heavy atom. The van der Waals surface area contributed by atoms with Crippen LogP contribution in [0.1, 0.15) is 37.8 Å². The maximum atomic E-state index is 12.7. The first kappa shape index (κ1) is 16.2. The summed E-state index contributed by atoms with van der Waals surface area (Å²) in [5.41, 5.74) is 1.88. The maximum absolute atomic E-state index is 12.7. The Morgan fingerprint density at radius 1 is 1.26 bits per heavy atom. The van der Waals surface area contributed by atoms with Gasteiger partial charge in [0, 0.05) is 30.2 Å². The van der Waals surface area contributed by atoms with E-state index in [4.69, 9.17) is 0 Å².